The van der Waals surface area contributed by atoms with Crippen LogP contribution in [-0.2, 0) is 11.2 Å². The minimum atomic E-state index is -0.215. The van der Waals surface area contributed by atoms with Crippen molar-refractivity contribution in [2.75, 3.05) is 44.7 Å². The van der Waals surface area contributed by atoms with Crippen LogP contribution in [0.2, 0.25) is 0 Å². The van der Waals surface area contributed by atoms with Crippen molar-refractivity contribution in [1.82, 2.24) is 15.1 Å². The van der Waals surface area contributed by atoms with Crippen molar-refractivity contribution in [3.05, 3.63) is 40.7 Å². The minimum Gasteiger partial charge on any atom is -0.379 e. The summed E-state index contributed by atoms with van der Waals surface area (Å²) in [7, 11) is 0. The smallest absolute Gasteiger partial charge is 0.205 e. The molecule has 0 aliphatic carbocycles. The number of ether oxygens (including phenoxy) is 1. The summed E-state index contributed by atoms with van der Waals surface area (Å²) in [5.41, 5.74) is 1.04. The normalized spacial score (nSPS) is 16.9. The van der Waals surface area contributed by atoms with E-state index in [1.54, 1.807) is 23.5 Å². The van der Waals surface area contributed by atoms with Gasteiger partial charge >= 0.3 is 0 Å². The maximum atomic E-state index is 12.9. The zero-order chi connectivity index (χ0) is 16.8. The average Bonchev–Trinajstić information content (AvgIpc) is 3.04. The second-order valence-corrected chi connectivity index (χ2v) is 7.27. The third-order valence-electron chi connectivity index (χ3n) is 4.01. The Hall–Kier alpha value is -1.57. The number of aromatic nitrogens is 2. The van der Waals surface area contributed by atoms with Crippen LogP contribution < -0.4 is 5.32 Å². The summed E-state index contributed by atoms with van der Waals surface area (Å²) in [5.74, 6) is 0.320. The molecule has 1 atom stereocenters. The van der Waals surface area contributed by atoms with Gasteiger partial charge in [0.2, 0.25) is 5.13 Å². The number of halogens is 1. The number of hydrogen-bond donors (Lipinski definition) is 1. The van der Waals surface area contributed by atoms with Gasteiger partial charge < -0.3 is 10.1 Å². The van der Waals surface area contributed by atoms with Gasteiger partial charge in [0.05, 0.1) is 13.2 Å². The lowest BCUT2D eigenvalue weighted by Crippen LogP contribution is -2.40. The molecule has 0 bridgehead atoms. The predicted octanol–water partition coefficient (Wildman–Crippen LogP) is 2.65. The van der Waals surface area contributed by atoms with E-state index in [-0.39, 0.29) is 5.82 Å². The van der Waals surface area contributed by atoms with Gasteiger partial charge in [-0.1, -0.05) is 30.4 Å². The third kappa shape index (κ3) is 5.22. The van der Waals surface area contributed by atoms with Crippen LogP contribution in [0.3, 0.4) is 0 Å². The van der Waals surface area contributed by atoms with E-state index in [1.165, 1.54) is 12.1 Å². The van der Waals surface area contributed by atoms with Crippen LogP contribution in [0.15, 0.2) is 24.3 Å². The standard InChI is InChI=1S/C17H23FN4OS/c1-13(12-22-6-8-23-9-7-22)11-19-17-21-20-16(24-17)10-14-2-4-15(18)5-3-14/h2-5,13H,6-12H2,1H3,(H,19,21). The monoisotopic (exact) mass is 350 g/mol. The van der Waals surface area contributed by atoms with Crippen LogP contribution in [0.25, 0.3) is 0 Å². The summed E-state index contributed by atoms with van der Waals surface area (Å²) in [4.78, 5) is 2.44. The maximum absolute atomic E-state index is 12.9. The van der Waals surface area contributed by atoms with Gasteiger partial charge in [-0.15, -0.1) is 10.2 Å². The summed E-state index contributed by atoms with van der Waals surface area (Å²) in [6, 6.07) is 6.52. The molecule has 0 amide bonds. The Bertz CT molecular complexity index is 628. The first-order valence-corrected chi connectivity index (χ1v) is 9.11. The summed E-state index contributed by atoms with van der Waals surface area (Å²) in [5, 5.41) is 13.6. The van der Waals surface area contributed by atoms with E-state index in [9.17, 15) is 4.39 Å². The molecular formula is C17H23FN4OS. The number of morpholine rings is 1. The molecule has 130 valence electrons. The average molecular weight is 350 g/mol. The molecule has 1 N–H and O–H groups in total. The Balaban J connectivity index is 1.44. The molecule has 1 saturated heterocycles. The highest BCUT2D eigenvalue weighted by atomic mass is 32.1. The number of anilines is 1. The van der Waals surface area contributed by atoms with E-state index in [0.717, 1.165) is 55.1 Å². The fraction of sp³-hybridized carbons (Fsp3) is 0.529. The molecule has 2 heterocycles. The molecule has 3 rings (SSSR count). The highest BCUT2D eigenvalue weighted by Gasteiger charge is 2.14. The largest absolute Gasteiger partial charge is 0.379 e. The lowest BCUT2D eigenvalue weighted by molar-refractivity contribution is 0.0325. The molecule has 0 spiro atoms. The second kappa shape index (κ2) is 8.50. The van der Waals surface area contributed by atoms with E-state index in [2.05, 4.69) is 27.3 Å². The summed E-state index contributed by atoms with van der Waals surface area (Å²) >= 11 is 1.56. The van der Waals surface area contributed by atoms with Crippen LogP contribution in [-0.4, -0.2) is 54.5 Å². The summed E-state index contributed by atoms with van der Waals surface area (Å²) < 4.78 is 18.3. The quantitative estimate of drug-likeness (QED) is 0.832. The molecule has 1 aromatic carbocycles. The predicted molar refractivity (Wildman–Crippen MR) is 94.0 cm³/mol. The van der Waals surface area contributed by atoms with Crippen molar-refractivity contribution >= 4 is 16.5 Å². The molecule has 0 saturated carbocycles. The van der Waals surface area contributed by atoms with Gasteiger partial charge in [0.1, 0.15) is 10.8 Å². The van der Waals surface area contributed by atoms with Gasteiger partial charge in [-0.3, -0.25) is 4.90 Å². The van der Waals surface area contributed by atoms with Gasteiger partial charge in [0.25, 0.3) is 0 Å². The van der Waals surface area contributed by atoms with Crippen LogP contribution in [0.1, 0.15) is 17.5 Å². The fourth-order valence-corrected chi connectivity index (χ4v) is 3.50. The number of hydrogen-bond acceptors (Lipinski definition) is 6. The van der Waals surface area contributed by atoms with Crippen molar-refractivity contribution < 1.29 is 9.13 Å². The van der Waals surface area contributed by atoms with Gasteiger partial charge in [0, 0.05) is 32.6 Å². The first-order valence-electron chi connectivity index (χ1n) is 8.30. The zero-order valence-corrected chi connectivity index (χ0v) is 14.7. The zero-order valence-electron chi connectivity index (χ0n) is 13.9. The van der Waals surface area contributed by atoms with Crippen molar-refractivity contribution in [2.45, 2.75) is 13.3 Å². The van der Waals surface area contributed by atoms with Gasteiger partial charge in [-0.2, -0.15) is 0 Å². The van der Waals surface area contributed by atoms with Crippen molar-refractivity contribution in [2.24, 2.45) is 5.92 Å². The number of nitrogens with one attached hydrogen (secondary N) is 1. The lowest BCUT2D eigenvalue weighted by atomic mass is 10.1. The van der Waals surface area contributed by atoms with Crippen LogP contribution >= 0.6 is 11.3 Å². The molecule has 2 aromatic rings. The van der Waals surface area contributed by atoms with Gasteiger partial charge in [0.15, 0.2) is 0 Å². The van der Waals surface area contributed by atoms with Gasteiger partial charge in [-0.25, -0.2) is 4.39 Å². The fourth-order valence-electron chi connectivity index (χ4n) is 2.72. The number of rotatable bonds is 7. The topological polar surface area (TPSA) is 50.3 Å². The maximum Gasteiger partial charge on any atom is 0.205 e. The van der Waals surface area contributed by atoms with Crippen LogP contribution in [0.4, 0.5) is 9.52 Å². The van der Waals surface area contributed by atoms with Crippen molar-refractivity contribution in [3.8, 4) is 0 Å². The SMILES string of the molecule is CC(CNc1nnc(Cc2ccc(F)cc2)s1)CN1CCOCC1. The highest BCUT2D eigenvalue weighted by molar-refractivity contribution is 7.15. The number of benzene rings is 1. The van der Waals surface area contributed by atoms with Gasteiger partial charge in [-0.05, 0) is 23.6 Å². The molecule has 24 heavy (non-hydrogen) atoms. The van der Waals surface area contributed by atoms with Crippen molar-refractivity contribution in [1.29, 1.82) is 0 Å². The van der Waals surface area contributed by atoms with Crippen molar-refractivity contribution in [3.63, 3.8) is 0 Å². The molecule has 1 aliphatic rings. The summed E-state index contributed by atoms with van der Waals surface area (Å²) in [6.45, 7) is 7.89. The Morgan fingerprint density at radius 2 is 2.00 bits per heavy atom. The minimum absolute atomic E-state index is 0.215. The third-order valence-corrected chi connectivity index (χ3v) is 4.89. The van der Waals surface area contributed by atoms with E-state index in [0.29, 0.717) is 12.3 Å². The Morgan fingerprint density at radius 3 is 2.75 bits per heavy atom. The molecule has 1 aliphatic heterocycles. The Morgan fingerprint density at radius 1 is 1.25 bits per heavy atom. The first kappa shape index (κ1) is 17.3. The molecular weight excluding hydrogens is 327 g/mol. The molecule has 1 fully saturated rings. The van der Waals surface area contributed by atoms with E-state index in [1.807, 2.05) is 0 Å². The second-order valence-electron chi connectivity index (χ2n) is 6.20. The van der Waals surface area contributed by atoms with E-state index < -0.39 is 0 Å². The van der Waals surface area contributed by atoms with E-state index in [4.69, 9.17) is 4.74 Å². The molecule has 7 heteroatoms. The Kier molecular flexibility index (Phi) is 6.12. The van der Waals surface area contributed by atoms with Crippen LogP contribution in [0.5, 0.6) is 0 Å². The Labute approximate surface area is 145 Å². The first-order chi connectivity index (χ1) is 11.7. The molecule has 1 unspecified atom stereocenters. The molecule has 1 aromatic heterocycles. The lowest BCUT2D eigenvalue weighted by Gasteiger charge is -2.29. The molecule has 0 radical (unpaired) electrons. The summed E-state index contributed by atoms with van der Waals surface area (Å²) in [6.07, 6.45) is 0.683. The number of nitrogens with zero attached hydrogens (tertiary/aromatic N) is 3. The van der Waals surface area contributed by atoms with E-state index >= 15 is 0 Å². The molecule has 5 nitrogen and oxygen atoms in total. The van der Waals surface area contributed by atoms with Crippen LogP contribution in [0, 0.1) is 11.7 Å². The highest BCUT2D eigenvalue weighted by Crippen LogP contribution is 2.19.